The molecule has 0 aliphatic rings. The molecule has 0 bridgehead atoms. The number of nitrogens with zero attached hydrogens (tertiary/aromatic N) is 2. The van der Waals surface area contributed by atoms with Crippen LogP contribution in [0.1, 0.15) is 0 Å². The van der Waals surface area contributed by atoms with E-state index in [0.717, 1.165) is 34.0 Å². The number of rotatable bonds is 4. The predicted molar refractivity (Wildman–Crippen MR) is 103 cm³/mol. The largest absolute Gasteiger partial charge is 0.497 e. The third-order valence-corrected chi connectivity index (χ3v) is 4.27. The summed E-state index contributed by atoms with van der Waals surface area (Å²) >= 11 is 0. The maximum absolute atomic E-state index is 5.27. The second-order valence-electron chi connectivity index (χ2n) is 5.98. The molecule has 0 fully saturated rings. The summed E-state index contributed by atoms with van der Waals surface area (Å²) < 4.78 is 7.38. The molecule has 1 heterocycles. The van der Waals surface area contributed by atoms with Crippen LogP contribution in [0.2, 0.25) is 0 Å². The number of hydrogen-bond donors (Lipinski definition) is 0. The SMILES string of the molecule is COc1ccc(-[n+]2cc(-c3ccccc3)nc(-c3ccccc3)c2)cc1. The number of methoxy groups -OCH3 is 1. The molecular weight excluding hydrogens is 320 g/mol. The fourth-order valence-corrected chi connectivity index (χ4v) is 2.89. The molecule has 0 radical (unpaired) electrons. The number of benzene rings is 3. The van der Waals surface area contributed by atoms with Gasteiger partial charge in [0.05, 0.1) is 7.11 Å². The molecule has 26 heavy (non-hydrogen) atoms. The molecule has 0 saturated heterocycles. The zero-order valence-corrected chi connectivity index (χ0v) is 14.5. The summed E-state index contributed by atoms with van der Waals surface area (Å²) in [6.45, 7) is 0. The lowest BCUT2D eigenvalue weighted by Gasteiger charge is -2.06. The molecule has 3 heteroatoms. The highest BCUT2D eigenvalue weighted by Gasteiger charge is 2.14. The Labute approximate surface area is 153 Å². The third-order valence-electron chi connectivity index (χ3n) is 4.27. The molecule has 0 saturated carbocycles. The zero-order valence-electron chi connectivity index (χ0n) is 14.5. The van der Waals surface area contributed by atoms with E-state index in [0.29, 0.717) is 0 Å². The number of ether oxygens (including phenoxy) is 1. The third kappa shape index (κ3) is 3.33. The maximum atomic E-state index is 5.27. The molecule has 0 atom stereocenters. The molecule has 0 aliphatic heterocycles. The van der Waals surface area contributed by atoms with Gasteiger partial charge in [0.2, 0.25) is 18.1 Å². The van der Waals surface area contributed by atoms with Crippen molar-refractivity contribution in [3.63, 3.8) is 0 Å². The molecule has 4 aromatic rings. The summed E-state index contributed by atoms with van der Waals surface area (Å²) in [5, 5.41) is 0. The van der Waals surface area contributed by atoms with Gasteiger partial charge in [-0.05, 0) is 12.1 Å². The minimum atomic E-state index is 0.843. The Bertz CT molecular complexity index is 940. The minimum absolute atomic E-state index is 0.843. The first-order valence-electron chi connectivity index (χ1n) is 8.52. The highest BCUT2D eigenvalue weighted by Crippen LogP contribution is 2.21. The van der Waals surface area contributed by atoms with E-state index < -0.39 is 0 Å². The summed E-state index contributed by atoms with van der Waals surface area (Å²) in [6.07, 6.45) is 4.12. The second-order valence-corrected chi connectivity index (χ2v) is 5.98. The molecule has 0 unspecified atom stereocenters. The normalized spacial score (nSPS) is 10.5. The Morgan fingerprint density at radius 3 is 1.62 bits per heavy atom. The summed E-state index contributed by atoms with van der Waals surface area (Å²) in [4.78, 5) is 4.89. The minimum Gasteiger partial charge on any atom is -0.497 e. The van der Waals surface area contributed by atoms with Gasteiger partial charge in [-0.15, -0.1) is 0 Å². The van der Waals surface area contributed by atoms with Crippen LogP contribution in [0.15, 0.2) is 97.3 Å². The molecule has 0 amide bonds. The van der Waals surface area contributed by atoms with Crippen molar-refractivity contribution >= 4 is 0 Å². The molecule has 126 valence electrons. The first-order chi connectivity index (χ1) is 12.8. The smallest absolute Gasteiger partial charge is 0.211 e. The van der Waals surface area contributed by atoms with Crippen LogP contribution in [-0.4, -0.2) is 12.1 Å². The van der Waals surface area contributed by atoms with Crippen molar-refractivity contribution in [3.05, 3.63) is 97.3 Å². The van der Waals surface area contributed by atoms with Crippen LogP contribution in [0.25, 0.3) is 28.2 Å². The molecule has 3 nitrogen and oxygen atoms in total. The Hall–Kier alpha value is -3.46. The van der Waals surface area contributed by atoms with E-state index in [1.807, 2.05) is 60.7 Å². The van der Waals surface area contributed by atoms with Crippen molar-refractivity contribution in [1.29, 1.82) is 0 Å². The van der Waals surface area contributed by atoms with Gasteiger partial charge in [-0.2, -0.15) is 4.57 Å². The van der Waals surface area contributed by atoms with Crippen molar-refractivity contribution in [2.75, 3.05) is 7.11 Å². The predicted octanol–water partition coefficient (Wildman–Crippen LogP) is 4.70. The van der Waals surface area contributed by atoms with Crippen LogP contribution < -0.4 is 9.30 Å². The highest BCUT2D eigenvalue weighted by molar-refractivity contribution is 5.63. The maximum Gasteiger partial charge on any atom is 0.211 e. The fourth-order valence-electron chi connectivity index (χ4n) is 2.89. The molecule has 0 aliphatic carbocycles. The Kier molecular flexibility index (Phi) is 4.44. The van der Waals surface area contributed by atoms with Gasteiger partial charge in [-0.25, -0.2) is 4.98 Å². The quantitative estimate of drug-likeness (QED) is 0.504. The summed E-state index contributed by atoms with van der Waals surface area (Å²) in [5.41, 5.74) is 5.10. The van der Waals surface area contributed by atoms with E-state index in [2.05, 4.69) is 41.2 Å². The van der Waals surface area contributed by atoms with Crippen LogP contribution in [-0.2, 0) is 0 Å². The lowest BCUT2D eigenvalue weighted by Crippen LogP contribution is -2.30. The Morgan fingerprint density at radius 1 is 0.654 bits per heavy atom. The second kappa shape index (κ2) is 7.19. The van der Waals surface area contributed by atoms with E-state index >= 15 is 0 Å². The fraction of sp³-hybridized carbons (Fsp3) is 0.0435. The van der Waals surface area contributed by atoms with Crippen LogP contribution in [0.4, 0.5) is 0 Å². The summed E-state index contributed by atoms with van der Waals surface area (Å²) in [7, 11) is 1.68. The van der Waals surface area contributed by atoms with Crippen molar-refractivity contribution < 1.29 is 9.30 Å². The first-order valence-corrected chi connectivity index (χ1v) is 8.52. The van der Waals surface area contributed by atoms with Crippen LogP contribution >= 0.6 is 0 Å². The Balaban J connectivity index is 1.87. The monoisotopic (exact) mass is 339 g/mol. The van der Waals surface area contributed by atoms with Gasteiger partial charge in [0, 0.05) is 23.3 Å². The summed E-state index contributed by atoms with van der Waals surface area (Å²) in [5.74, 6) is 0.843. The van der Waals surface area contributed by atoms with Gasteiger partial charge in [0.15, 0.2) is 0 Å². The van der Waals surface area contributed by atoms with Crippen molar-refractivity contribution in [3.8, 4) is 34.0 Å². The standard InChI is InChI=1S/C23H19N2O/c1-26-21-14-12-20(13-15-21)25-16-22(18-8-4-2-5-9-18)24-23(17-25)19-10-6-3-7-11-19/h2-17H,1H3/q+1. The topological polar surface area (TPSA) is 26.0 Å². The van der Waals surface area contributed by atoms with Gasteiger partial charge >= 0.3 is 0 Å². The van der Waals surface area contributed by atoms with E-state index in [1.165, 1.54) is 0 Å². The van der Waals surface area contributed by atoms with Gasteiger partial charge < -0.3 is 4.74 Å². The number of hydrogen-bond acceptors (Lipinski definition) is 2. The average Bonchev–Trinajstić information content (AvgIpc) is 2.75. The highest BCUT2D eigenvalue weighted by atomic mass is 16.5. The molecular formula is C23H19N2O+. The Morgan fingerprint density at radius 2 is 1.15 bits per heavy atom. The average molecular weight is 339 g/mol. The number of aromatic nitrogens is 2. The zero-order chi connectivity index (χ0) is 17.8. The van der Waals surface area contributed by atoms with Crippen LogP contribution in [0, 0.1) is 0 Å². The van der Waals surface area contributed by atoms with E-state index in [1.54, 1.807) is 7.11 Å². The van der Waals surface area contributed by atoms with Crippen molar-refractivity contribution in [2.45, 2.75) is 0 Å². The van der Waals surface area contributed by atoms with E-state index in [-0.39, 0.29) is 0 Å². The van der Waals surface area contributed by atoms with Gasteiger partial charge in [-0.3, -0.25) is 0 Å². The van der Waals surface area contributed by atoms with Crippen LogP contribution in [0.5, 0.6) is 5.75 Å². The summed E-state index contributed by atoms with van der Waals surface area (Å²) in [6, 6.07) is 28.5. The molecule has 1 aromatic heterocycles. The van der Waals surface area contributed by atoms with Crippen molar-refractivity contribution in [1.82, 2.24) is 4.98 Å². The molecule has 0 N–H and O–H groups in total. The van der Waals surface area contributed by atoms with E-state index in [4.69, 9.17) is 9.72 Å². The van der Waals surface area contributed by atoms with E-state index in [9.17, 15) is 0 Å². The lowest BCUT2D eigenvalue weighted by molar-refractivity contribution is -0.595. The molecule has 4 rings (SSSR count). The lowest BCUT2D eigenvalue weighted by atomic mass is 10.1. The van der Waals surface area contributed by atoms with Gasteiger partial charge in [0.25, 0.3) is 0 Å². The molecule has 3 aromatic carbocycles. The van der Waals surface area contributed by atoms with Crippen LogP contribution in [0.3, 0.4) is 0 Å². The van der Waals surface area contributed by atoms with Gasteiger partial charge in [-0.1, -0.05) is 60.7 Å². The van der Waals surface area contributed by atoms with Crippen molar-refractivity contribution in [2.24, 2.45) is 0 Å². The van der Waals surface area contributed by atoms with Gasteiger partial charge in [0.1, 0.15) is 17.1 Å². The first kappa shape index (κ1) is 16.0. The molecule has 0 spiro atoms.